The molecule has 1 amide bonds. The Hall–Kier alpha value is -1.40. The van der Waals surface area contributed by atoms with E-state index in [9.17, 15) is 4.79 Å². The van der Waals surface area contributed by atoms with Crippen molar-refractivity contribution in [3.05, 3.63) is 17.8 Å². The number of oxazole rings is 1. The summed E-state index contributed by atoms with van der Waals surface area (Å²) in [6.07, 6.45) is 2.91. The van der Waals surface area contributed by atoms with Crippen LogP contribution in [0.3, 0.4) is 0 Å². The molecule has 3 heterocycles. The van der Waals surface area contributed by atoms with Crippen LogP contribution in [0.5, 0.6) is 0 Å². The van der Waals surface area contributed by atoms with Gasteiger partial charge in [0.2, 0.25) is 5.76 Å². The van der Waals surface area contributed by atoms with E-state index in [0.29, 0.717) is 50.8 Å². The molecule has 6 heteroatoms. The van der Waals surface area contributed by atoms with E-state index in [1.54, 1.807) is 11.8 Å². The molecule has 98 valence electrons. The number of likely N-dealkylation sites (tertiary alicyclic amines) is 1. The molecule has 2 aliphatic rings. The van der Waals surface area contributed by atoms with E-state index in [0.717, 1.165) is 0 Å². The maximum absolute atomic E-state index is 12.1. The summed E-state index contributed by atoms with van der Waals surface area (Å²) < 4.78 is 16.5. The first-order valence-electron chi connectivity index (χ1n) is 6.18. The number of amides is 1. The van der Waals surface area contributed by atoms with Crippen LogP contribution in [0.2, 0.25) is 0 Å². The number of ether oxygens (including phenoxy) is 2. The summed E-state index contributed by atoms with van der Waals surface area (Å²) in [5.74, 6) is 0.253. The van der Waals surface area contributed by atoms with Crippen LogP contribution >= 0.6 is 0 Å². The monoisotopic (exact) mass is 252 g/mol. The van der Waals surface area contributed by atoms with Crippen LogP contribution in [0.4, 0.5) is 0 Å². The van der Waals surface area contributed by atoms with E-state index >= 15 is 0 Å². The van der Waals surface area contributed by atoms with Crippen LogP contribution < -0.4 is 0 Å². The number of aryl methyl sites for hydroxylation is 1. The van der Waals surface area contributed by atoms with Gasteiger partial charge in [-0.25, -0.2) is 4.98 Å². The van der Waals surface area contributed by atoms with Crippen LogP contribution in [0.15, 0.2) is 10.6 Å². The number of piperidine rings is 1. The minimum absolute atomic E-state index is 0.108. The Morgan fingerprint density at radius 1 is 1.33 bits per heavy atom. The SMILES string of the molecule is Cc1ncc(C(=O)N2CCC3(CC2)OCCO3)o1. The van der Waals surface area contributed by atoms with E-state index in [2.05, 4.69) is 4.98 Å². The lowest BCUT2D eigenvalue weighted by Gasteiger charge is -2.37. The first kappa shape index (κ1) is 11.7. The Morgan fingerprint density at radius 3 is 2.56 bits per heavy atom. The van der Waals surface area contributed by atoms with Crippen LogP contribution in [0.1, 0.15) is 29.3 Å². The molecule has 1 aromatic rings. The second-order valence-electron chi connectivity index (χ2n) is 4.64. The second kappa shape index (κ2) is 4.37. The largest absolute Gasteiger partial charge is 0.436 e. The maximum Gasteiger partial charge on any atom is 0.291 e. The zero-order valence-electron chi connectivity index (χ0n) is 10.3. The fraction of sp³-hybridized carbons (Fsp3) is 0.667. The molecule has 1 spiro atoms. The lowest BCUT2D eigenvalue weighted by molar-refractivity contribution is -0.181. The van der Waals surface area contributed by atoms with Gasteiger partial charge in [-0.05, 0) is 0 Å². The molecule has 0 N–H and O–H groups in total. The molecule has 2 aliphatic heterocycles. The van der Waals surface area contributed by atoms with E-state index < -0.39 is 5.79 Å². The predicted molar refractivity (Wildman–Crippen MR) is 61.0 cm³/mol. The van der Waals surface area contributed by atoms with Crippen LogP contribution in [-0.4, -0.2) is 47.9 Å². The molecule has 1 aromatic heterocycles. The number of aromatic nitrogens is 1. The summed E-state index contributed by atoms with van der Waals surface area (Å²) in [7, 11) is 0. The highest BCUT2D eigenvalue weighted by molar-refractivity contribution is 5.91. The molecule has 0 radical (unpaired) electrons. The first-order chi connectivity index (χ1) is 8.69. The van der Waals surface area contributed by atoms with Crippen molar-refractivity contribution in [2.24, 2.45) is 0 Å². The number of hydrogen-bond acceptors (Lipinski definition) is 5. The second-order valence-corrected chi connectivity index (χ2v) is 4.64. The number of nitrogens with zero attached hydrogens (tertiary/aromatic N) is 2. The van der Waals surface area contributed by atoms with Crippen molar-refractivity contribution in [1.29, 1.82) is 0 Å². The number of hydrogen-bond donors (Lipinski definition) is 0. The van der Waals surface area contributed by atoms with Gasteiger partial charge in [0.25, 0.3) is 5.91 Å². The average molecular weight is 252 g/mol. The van der Waals surface area contributed by atoms with Gasteiger partial charge in [0, 0.05) is 32.9 Å². The summed E-state index contributed by atoms with van der Waals surface area (Å²) in [6.45, 7) is 4.27. The van der Waals surface area contributed by atoms with Crippen molar-refractivity contribution >= 4 is 5.91 Å². The highest BCUT2D eigenvalue weighted by Gasteiger charge is 2.41. The number of rotatable bonds is 1. The molecular formula is C12H16N2O4. The van der Waals surface area contributed by atoms with Gasteiger partial charge in [0.1, 0.15) is 0 Å². The van der Waals surface area contributed by atoms with Gasteiger partial charge < -0.3 is 18.8 Å². The molecule has 3 rings (SSSR count). The topological polar surface area (TPSA) is 64.8 Å². The molecular weight excluding hydrogens is 236 g/mol. The van der Waals surface area contributed by atoms with Crippen molar-refractivity contribution in [3.63, 3.8) is 0 Å². The van der Waals surface area contributed by atoms with E-state index in [4.69, 9.17) is 13.9 Å². The summed E-state index contributed by atoms with van der Waals surface area (Å²) in [5.41, 5.74) is 0. The average Bonchev–Trinajstić information content (AvgIpc) is 3.00. The van der Waals surface area contributed by atoms with E-state index in [-0.39, 0.29) is 5.91 Å². The van der Waals surface area contributed by atoms with Crippen LogP contribution in [-0.2, 0) is 9.47 Å². The first-order valence-corrected chi connectivity index (χ1v) is 6.18. The molecule has 2 saturated heterocycles. The molecule has 0 saturated carbocycles. The zero-order chi connectivity index (χ0) is 12.6. The standard InChI is InChI=1S/C12H16N2O4/c1-9-13-8-10(18-9)11(15)14-4-2-12(3-5-14)16-6-7-17-12/h8H,2-7H2,1H3. The van der Waals surface area contributed by atoms with Crippen LogP contribution in [0, 0.1) is 6.92 Å². The molecule has 0 aromatic carbocycles. The quantitative estimate of drug-likeness (QED) is 0.745. The van der Waals surface area contributed by atoms with Crippen molar-refractivity contribution < 1.29 is 18.7 Å². The normalized spacial score (nSPS) is 22.6. The smallest absolute Gasteiger partial charge is 0.291 e. The third-order valence-electron chi connectivity index (χ3n) is 3.46. The third kappa shape index (κ3) is 2.02. The van der Waals surface area contributed by atoms with Crippen molar-refractivity contribution in [1.82, 2.24) is 9.88 Å². The van der Waals surface area contributed by atoms with Crippen molar-refractivity contribution in [2.45, 2.75) is 25.6 Å². The van der Waals surface area contributed by atoms with Gasteiger partial charge in [0.05, 0.1) is 19.4 Å². The molecule has 0 bridgehead atoms. The highest BCUT2D eigenvalue weighted by atomic mass is 16.7. The Kier molecular flexibility index (Phi) is 2.83. The lowest BCUT2D eigenvalue weighted by Crippen LogP contribution is -2.47. The van der Waals surface area contributed by atoms with E-state index in [1.165, 1.54) is 6.20 Å². The van der Waals surface area contributed by atoms with Gasteiger partial charge in [-0.15, -0.1) is 0 Å². The molecule has 18 heavy (non-hydrogen) atoms. The Balaban J connectivity index is 1.64. The van der Waals surface area contributed by atoms with Gasteiger partial charge in [-0.1, -0.05) is 0 Å². The van der Waals surface area contributed by atoms with Gasteiger partial charge in [-0.2, -0.15) is 0 Å². The Bertz CT molecular complexity index is 441. The molecule has 0 unspecified atom stereocenters. The fourth-order valence-electron chi connectivity index (χ4n) is 2.45. The van der Waals surface area contributed by atoms with E-state index in [1.807, 2.05) is 0 Å². The zero-order valence-corrected chi connectivity index (χ0v) is 10.3. The molecule has 2 fully saturated rings. The summed E-state index contributed by atoms with van der Waals surface area (Å²) in [5, 5.41) is 0. The number of carbonyl (C=O) groups is 1. The number of carbonyl (C=O) groups excluding carboxylic acids is 1. The minimum Gasteiger partial charge on any atom is -0.436 e. The van der Waals surface area contributed by atoms with Gasteiger partial charge in [0.15, 0.2) is 11.7 Å². The lowest BCUT2D eigenvalue weighted by atomic mass is 10.0. The predicted octanol–water partition coefficient (Wildman–Crippen LogP) is 0.962. The molecule has 0 aliphatic carbocycles. The maximum atomic E-state index is 12.1. The van der Waals surface area contributed by atoms with Crippen LogP contribution in [0.25, 0.3) is 0 Å². The van der Waals surface area contributed by atoms with Crippen molar-refractivity contribution in [3.8, 4) is 0 Å². The Labute approximate surface area is 105 Å². The highest BCUT2D eigenvalue weighted by Crippen LogP contribution is 2.31. The van der Waals surface area contributed by atoms with Gasteiger partial charge in [-0.3, -0.25) is 4.79 Å². The third-order valence-corrected chi connectivity index (χ3v) is 3.46. The summed E-state index contributed by atoms with van der Waals surface area (Å²) in [4.78, 5) is 17.8. The van der Waals surface area contributed by atoms with Gasteiger partial charge >= 0.3 is 0 Å². The Morgan fingerprint density at radius 2 is 2.00 bits per heavy atom. The fourth-order valence-corrected chi connectivity index (χ4v) is 2.45. The summed E-state index contributed by atoms with van der Waals surface area (Å²) in [6, 6.07) is 0. The summed E-state index contributed by atoms with van der Waals surface area (Å²) >= 11 is 0. The molecule has 6 nitrogen and oxygen atoms in total. The molecule has 0 atom stereocenters. The minimum atomic E-state index is -0.450. The van der Waals surface area contributed by atoms with Crippen molar-refractivity contribution in [2.75, 3.05) is 26.3 Å².